The van der Waals surface area contributed by atoms with Crippen molar-refractivity contribution in [3.63, 3.8) is 0 Å². The summed E-state index contributed by atoms with van der Waals surface area (Å²) in [5.41, 5.74) is 0.860. The van der Waals surface area contributed by atoms with Crippen molar-refractivity contribution >= 4 is 17.8 Å². The quantitative estimate of drug-likeness (QED) is 0.398. The molecule has 2 amide bonds. The van der Waals surface area contributed by atoms with Crippen LogP contribution in [-0.4, -0.2) is 89.9 Å². The number of carbonyl (C=O) groups is 3. The average Bonchev–Trinajstić information content (AvgIpc) is 3.60. The van der Waals surface area contributed by atoms with Gasteiger partial charge in [0.25, 0.3) is 5.91 Å². The van der Waals surface area contributed by atoms with Gasteiger partial charge in [-0.25, -0.2) is 5.06 Å². The summed E-state index contributed by atoms with van der Waals surface area (Å²) in [6.07, 6.45) is 4.28. The molecule has 10 heteroatoms. The molecule has 1 aromatic rings. The second-order valence-electron chi connectivity index (χ2n) is 10.0. The zero-order chi connectivity index (χ0) is 26.4. The van der Waals surface area contributed by atoms with Gasteiger partial charge in [-0.2, -0.15) is 0 Å². The van der Waals surface area contributed by atoms with E-state index in [2.05, 4.69) is 0 Å². The molecule has 0 radical (unpaired) electrons. The number of aliphatic carboxylic acids is 1. The summed E-state index contributed by atoms with van der Waals surface area (Å²) in [7, 11) is 0. The Morgan fingerprint density at radius 1 is 1.19 bits per heavy atom. The van der Waals surface area contributed by atoms with Crippen LogP contribution in [0.2, 0.25) is 0 Å². The van der Waals surface area contributed by atoms with E-state index >= 15 is 0 Å². The molecule has 0 saturated carbocycles. The number of amides is 2. The monoisotopic (exact) mass is 517 g/mol. The highest BCUT2D eigenvalue weighted by atomic mass is 16.7. The number of nitrogens with zero attached hydrogens (tertiary/aromatic N) is 3. The second-order valence-corrected chi connectivity index (χ2v) is 10.0. The number of carboxylic acids is 1. The van der Waals surface area contributed by atoms with Gasteiger partial charge in [0.05, 0.1) is 19.1 Å². The number of hydrogen-bond acceptors (Lipinski definition) is 7. The topological polar surface area (TPSA) is 109 Å². The first kappa shape index (κ1) is 27.2. The summed E-state index contributed by atoms with van der Waals surface area (Å²) in [5.74, 6) is -0.626. The Morgan fingerprint density at radius 3 is 2.70 bits per heavy atom. The number of carbonyl (C=O) groups excluding carboxylic acids is 2. The highest BCUT2D eigenvalue weighted by Crippen LogP contribution is 2.43. The minimum absolute atomic E-state index is 0.0852. The van der Waals surface area contributed by atoms with Crippen molar-refractivity contribution in [3.05, 3.63) is 23.8 Å². The zero-order valence-corrected chi connectivity index (χ0v) is 21.9. The van der Waals surface area contributed by atoms with E-state index in [4.69, 9.17) is 14.3 Å². The summed E-state index contributed by atoms with van der Waals surface area (Å²) in [5, 5.41) is 11.8. The average molecular weight is 518 g/mol. The van der Waals surface area contributed by atoms with Crippen LogP contribution in [-0.2, 0) is 19.2 Å². The van der Waals surface area contributed by atoms with Gasteiger partial charge in [-0.3, -0.25) is 24.1 Å². The van der Waals surface area contributed by atoms with Crippen molar-refractivity contribution in [2.45, 2.75) is 64.3 Å². The zero-order valence-electron chi connectivity index (χ0n) is 21.9. The Kier molecular flexibility index (Phi) is 9.26. The molecular weight excluding hydrogens is 478 g/mol. The largest absolute Gasteiger partial charge is 0.481 e. The molecule has 10 nitrogen and oxygen atoms in total. The molecule has 37 heavy (non-hydrogen) atoms. The standard InChI is InChI=1S/C27H39N3O7/c1-3-11-30(37-14-4-2)25(32)17-29-16-20(19-9-10-22-23(15-19)36-18-35-22)26(27(33)34)21(29)7-5-12-28-13-6-8-24(28)31/h9-10,15,20-21,26H,3-8,11-14,16-18H2,1-2H3,(H,33,34). The van der Waals surface area contributed by atoms with Gasteiger partial charge in [0.2, 0.25) is 12.7 Å². The van der Waals surface area contributed by atoms with Gasteiger partial charge in [0.1, 0.15) is 0 Å². The number of fused-ring (bicyclic) bond motifs is 1. The molecule has 0 bridgehead atoms. The number of hydrogen-bond donors (Lipinski definition) is 1. The lowest BCUT2D eigenvalue weighted by Crippen LogP contribution is -2.44. The molecule has 3 heterocycles. The van der Waals surface area contributed by atoms with E-state index in [-0.39, 0.29) is 37.1 Å². The summed E-state index contributed by atoms with van der Waals surface area (Å²) in [6.45, 7) is 6.96. The second kappa shape index (κ2) is 12.6. The molecule has 2 saturated heterocycles. The first-order valence-electron chi connectivity index (χ1n) is 13.5. The third-order valence-corrected chi connectivity index (χ3v) is 7.45. The fourth-order valence-corrected chi connectivity index (χ4v) is 5.68. The molecule has 3 aliphatic rings. The minimum Gasteiger partial charge on any atom is -0.481 e. The third kappa shape index (κ3) is 6.35. The molecule has 1 N–H and O–H groups in total. The van der Waals surface area contributed by atoms with Gasteiger partial charge >= 0.3 is 5.97 Å². The van der Waals surface area contributed by atoms with E-state index in [1.165, 1.54) is 5.06 Å². The van der Waals surface area contributed by atoms with Crippen LogP contribution >= 0.6 is 0 Å². The minimum atomic E-state index is -0.882. The number of benzene rings is 1. The van der Waals surface area contributed by atoms with Gasteiger partial charge in [-0.15, -0.1) is 0 Å². The smallest absolute Gasteiger partial charge is 0.308 e. The highest BCUT2D eigenvalue weighted by molar-refractivity contribution is 5.79. The third-order valence-electron chi connectivity index (χ3n) is 7.45. The highest BCUT2D eigenvalue weighted by Gasteiger charge is 2.47. The van der Waals surface area contributed by atoms with Crippen molar-refractivity contribution in [2.24, 2.45) is 5.92 Å². The van der Waals surface area contributed by atoms with Gasteiger partial charge in [0.15, 0.2) is 11.5 Å². The van der Waals surface area contributed by atoms with Crippen LogP contribution in [0.1, 0.15) is 63.9 Å². The summed E-state index contributed by atoms with van der Waals surface area (Å²) in [6, 6.07) is 5.24. The normalized spacial score (nSPS) is 23.1. The Morgan fingerprint density at radius 2 is 2.00 bits per heavy atom. The SMILES string of the molecule is CCCON(CCC)C(=O)CN1CC(c2ccc3c(c2)OCO3)C(C(=O)O)C1CCCN1CCCC1=O. The molecule has 3 aliphatic heterocycles. The summed E-state index contributed by atoms with van der Waals surface area (Å²) < 4.78 is 11.0. The van der Waals surface area contributed by atoms with Crippen LogP contribution in [0.25, 0.3) is 0 Å². The van der Waals surface area contributed by atoms with E-state index in [1.54, 1.807) is 0 Å². The van der Waals surface area contributed by atoms with Gasteiger partial charge in [-0.05, 0) is 49.8 Å². The van der Waals surface area contributed by atoms with E-state index < -0.39 is 11.9 Å². The maximum absolute atomic E-state index is 13.3. The molecule has 1 aromatic carbocycles. The summed E-state index contributed by atoms with van der Waals surface area (Å²) >= 11 is 0. The number of likely N-dealkylation sites (tertiary alicyclic amines) is 2. The molecule has 2 fully saturated rings. The van der Waals surface area contributed by atoms with Crippen LogP contribution in [0.15, 0.2) is 18.2 Å². The van der Waals surface area contributed by atoms with Crippen LogP contribution < -0.4 is 9.47 Å². The number of carboxylic acid groups (broad SMARTS) is 1. The predicted molar refractivity (Wildman–Crippen MR) is 135 cm³/mol. The molecule has 4 rings (SSSR count). The van der Waals surface area contributed by atoms with Crippen LogP contribution in [0, 0.1) is 5.92 Å². The predicted octanol–water partition coefficient (Wildman–Crippen LogP) is 2.87. The first-order valence-corrected chi connectivity index (χ1v) is 13.5. The molecule has 3 atom stereocenters. The fraction of sp³-hybridized carbons (Fsp3) is 0.667. The van der Waals surface area contributed by atoms with Crippen LogP contribution in [0.5, 0.6) is 11.5 Å². The lowest BCUT2D eigenvalue weighted by Gasteiger charge is -2.29. The lowest BCUT2D eigenvalue weighted by molar-refractivity contribution is -0.188. The molecule has 3 unspecified atom stereocenters. The maximum Gasteiger partial charge on any atom is 0.308 e. The van der Waals surface area contributed by atoms with Crippen LogP contribution in [0.3, 0.4) is 0 Å². The number of rotatable bonds is 13. The molecule has 0 spiro atoms. The fourth-order valence-electron chi connectivity index (χ4n) is 5.68. The Balaban J connectivity index is 1.54. The maximum atomic E-state index is 13.3. The van der Waals surface area contributed by atoms with Crippen LogP contribution in [0.4, 0.5) is 0 Å². The molecule has 0 aromatic heterocycles. The van der Waals surface area contributed by atoms with Gasteiger partial charge in [-0.1, -0.05) is 19.9 Å². The molecule has 0 aliphatic carbocycles. The van der Waals surface area contributed by atoms with E-state index in [1.807, 2.05) is 41.8 Å². The lowest BCUT2D eigenvalue weighted by atomic mass is 9.83. The van der Waals surface area contributed by atoms with Crippen molar-refractivity contribution in [3.8, 4) is 11.5 Å². The Bertz CT molecular complexity index is 971. The van der Waals surface area contributed by atoms with Crippen molar-refractivity contribution in [1.82, 2.24) is 14.9 Å². The molecular formula is C27H39N3O7. The van der Waals surface area contributed by atoms with Crippen molar-refractivity contribution < 1.29 is 33.8 Å². The molecule has 204 valence electrons. The Hall–Kier alpha value is -2.85. The van der Waals surface area contributed by atoms with Crippen molar-refractivity contribution in [2.75, 3.05) is 46.1 Å². The first-order chi connectivity index (χ1) is 17.9. The van der Waals surface area contributed by atoms with E-state index in [0.29, 0.717) is 57.0 Å². The number of hydroxylamine groups is 2. The van der Waals surface area contributed by atoms with Gasteiger partial charge in [0, 0.05) is 44.6 Å². The number of ether oxygens (including phenoxy) is 2. The van der Waals surface area contributed by atoms with E-state index in [0.717, 1.165) is 31.4 Å². The van der Waals surface area contributed by atoms with Crippen molar-refractivity contribution in [1.29, 1.82) is 0 Å². The summed E-state index contributed by atoms with van der Waals surface area (Å²) in [4.78, 5) is 47.5. The Labute approximate surface area is 218 Å². The van der Waals surface area contributed by atoms with Gasteiger partial charge < -0.3 is 19.5 Å². The van der Waals surface area contributed by atoms with E-state index in [9.17, 15) is 19.5 Å².